The number of carbonyl (C=O) groups is 1. The fourth-order valence-corrected chi connectivity index (χ4v) is 1.42. The minimum atomic E-state index is -0.275. The number of hydrogen-bond acceptors (Lipinski definition) is 2. The Kier molecular flexibility index (Phi) is 2.03. The summed E-state index contributed by atoms with van der Waals surface area (Å²) in [6, 6.07) is 0. The first kappa shape index (κ1) is 8.68. The van der Waals surface area contributed by atoms with Crippen molar-refractivity contribution in [3.8, 4) is 0 Å². The number of piperazine rings is 1. The topological polar surface area (TPSA) is 24.8 Å². The molecule has 1 fully saturated rings. The smallest absolute Gasteiger partial charge is 0.284 e. The first-order valence-corrected chi connectivity index (χ1v) is 4.04. The summed E-state index contributed by atoms with van der Waals surface area (Å²) in [6.45, 7) is 5.90. The largest absolute Gasteiger partial charge is 0.331 e. The van der Waals surface area contributed by atoms with Crippen molar-refractivity contribution >= 4 is 5.91 Å². The number of carbonyl (C=O) groups excluding carboxylic acids is 1. The third-order valence-corrected chi connectivity index (χ3v) is 2.72. The van der Waals surface area contributed by atoms with Crippen molar-refractivity contribution < 1.29 is 9.69 Å². The lowest BCUT2D eigenvalue weighted by molar-refractivity contribution is -0.806. The van der Waals surface area contributed by atoms with Crippen LogP contribution >= 0.6 is 0 Å². The molecule has 1 saturated heterocycles. The Morgan fingerprint density at radius 1 is 1.55 bits per heavy atom. The summed E-state index contributed by atoms with van der Waals surface area (Å²) in [4.78, 5) is 14.7. The van der Waals surface area contributed by atoms with E-state index >= 15 is 0 Å². The van der Waals surface area contributed by atoms with Crippen molar-refractivity contribution in [3.05, 3.63) is 0 Å². The Morgan fingerprint density at radius 2 is 2.09 bits per heavy atom. The van der Waals surface area contributed by atoms with Gasteiger partial charge in [0.15, 0.2) is 0 Å². The third-order valence-electron chi connectivity index (χ3n) is 2.72. The van der Waals surface area contributed by atoms with Gasteiger partial charge in [0.2, 0.25) is 0 Å². The van der Waals surface area contributed by atoms with Gasteiger partial charge in [-0.3, -0.25) is 9.80 Å². The molecule has 1 amide bonds. The van der Waals surface area contributed by atoms with Gasteiger partial charge >= 0.3 is 5.91 Å². The molecule has 0 aromatic carbocycles. The second-order valence-electron chi connectivity index (χ2n) is 3.84. The second kappa shape index (κ2) is 2.57. The third kappa shape index (κ3) is 1.30. The number of rotatable bonds is 0. The molecule has 3 nitrogen and oxygen atoms in total. The van der Waals surface area contributed by atoms with Crippen LogP contribution in [-0.4, -0.2) is 43.5 Å². The molecule has 1 aliphatic rings. The van der Waals surface area contributed by atoms with Crippen molar-refractivity contribution in [2.24, 2.45) is 0 Å². The van der Waals surface area contributed by atoms with Crippen LogP contribution in [0.3, 0.4) is 0 Å². The predicted octanol–water partition coefficient (Wildman–Crippen LogP) is -1.25. The van der Waals surface area contributed by atoms with Gasteiger partial charge in [0, 0.05) is 6.54 Å². The monoisotopic (exact) mass is 157 g/mol. The van der Waals surface area contributed by atoms with Crippen molar-refractivity contribution in [3.63, 3.8) is 0 Å². The Morgan fingerprint density at radius 3 is 2.55 bits per heavy atom. The van der Waals surface area contributed by atoms with Crippen molar-refractivity contribution in [1.82, 2.24) is 4.90 Å². The molecule has 1 aliphatic heterocycles. The molecule has 1 atom stereocenters. The van der Waals surface area contributed by atoms with Crippen LogP contribution in [0.4, 0.5) is 0 Å². The van der Waals surface area contributed by atoms with Gasteiger partial charge in [-0.2, -0.15) is 0 Å². The van der Waals surface area contributed by atoms with Crippen molar-refractivity contribution in [1.29, 1.82) is 0 Å². The van der Waals surface area contributed by atoms with Gasteiger partial charge in [0.25, 0.3) is 0 Å². The zero-order chi connectivity index (χ0) is 8.65. The van der Waals surface area contributed by atoms with Gasteiger partial charge in [0.05, 0.1) is 13.6 Å². The van der Waals surface area contributed by atoms with Gasteiger partial charge in [-0.1, -0.05) is 0 Å². The lowest BCUT2D eigenvalue weighted by Gasteiger charge is -2.38. The predicted molar refractivity (Wildman–Crippen MR) is 43.5 cm³/mol. The van der Waals surface area contributed by atoms with Gasteiger partial charge in [-0.15, -0.1) is 0 Å². The van der Waals surface area contributed by atoms with E-state index in [-0.39, 0.29) is 5.54 Å². The van der Waals surface area contributed by atoms with Crippen LogP contribution in [0.1, 0.15) is 13.8 Å². The van der Waals surface area contributed by atoms with Crippen LogP contribution in [-0.2, 0) is 4.79 Å². The fraction of sp³-hybridized carbons (Fsp3) is 0.875. The van der Waals surface area contributed by atoms with E-state index < -0.39 is 0 Å². The van der Waals surface area contributed by atoms with E-state index in [1.54, 1.807) is 0 Å². The molecular weight excluding hydrogens is 140 g/mol. The molecule has 0 spiro atoms. The van der Waals surface area contributed by atoms with Crippen LogP contribution in [0, 0.1) is 0 Å². The standard InChI is InChI=1S/C8H16N2O/c1-8(2)7(11)9(3)5-6-10(8)4/h5-6H2,1-4H3/p+1. The Bertz CT molecular complexity index is 177. The molecule has 1 heterocycles. The summed E-state index contributed by atoms with van der Waals surface area (Å²) in [5.41, 5.74) is -0.275. The Balaban J connectivity index is 2.81. The molecule has 3 heteroatoms. The van der Waals surface area contributed by atoms with Gasteiger partial charge < -0.3 is 0 Å². The molecule has 0 saturated carbocycles. The average Bonchev–Trinajstić information content (AvgIpc) is 1.95. The van der Waals surface area contributed by atoms with E-state index in [0.717, 1.165) is 18.0 Å². The van der Waals surface area contributed by atoms with Crippen molar-refractivity contribution in [2.75, 3.05) is 27.2 Å². The normalized spacial score (nSPS) is 32.4. The molecule has 64 valence electrons. The fourth-order valence-electron chi connectivity index (χ4n) is 1.42. The molecule has 0 aromatic rings. The first-order valence-electron chi connectivity index (χ1n) is 4.04. The number of nitrogens with zero attached hydrogens (tertiary/aromatic N) is 1. The van der Waals surface area contributed by atoms with E-state index in [9.17, 15) is 4.79 Å². The molecule has 1 unspecified atom stereocenters. The quantitative estimate of drug-likeness (QED) is 0.475. The summed E-state index contributed by atoms with van der Waals surface area (Å²) >= 11 is 0. The molecule has 1 N–H and O–H groups in total. The van der Waals surface area contributed by atoms with Crippen molar-refractivity contribution in [2.45, 2.75) is 19.4 Å². The van der Waals surface area contributed by atoms with Crippen LogP contribution < -0.4 is 4.90 Å². The maximum atomic E-state index is 11.6. The minimum absolute atomic E-state index is 0.275. The number of hydrogen-bond donors (Lipinski definition) is 1. The highest BCUT2D eigenvalue weighted by molar-refractivity contribution is 5.77. The van der Waals surface area contributed by atoms with Crippen LogP contribution in [0.2, 0.25) is 0 Å². The average molecular weight is 157 g/mol. The van der Waals surface area contributed by atoms with Gasteiger partial charge in [-0.25, -0.2) is 4.79 Å². The minimum Gasteiger partial charge on any atom is -0.284 e. The zero-order valence-electron chi connectivity index (χ0n) is 7.77. The summed E-state index contributed by atoms with van der Waals surface area (Å²) in [5.74, 6) is 0.297. The molecule has 0 aliphatic carbocycles. The van der Waals surface area contributed by atoms with E-state index in [1.807, 2.05) is 27.9 Å². The molecule has 0 radical (unpaired) electrons. The summed E-state index contributed by atoms with van der Waals surface area (Å²) in [7, 11) is 3.95. The highest BCUT2D eigenvalue weighted by Gasteiger charge is 2.42. The lowest BCUT2D eigenvalue weighted by atomic mass is 9.99. The molecule has 0 bridgehead atoms. The number of amides is 1. The second-order valence-corrected chi connectivity index (χ2v) is 3.84. The number of quaternary nitrogens is 1. The van der Waals surface area contributed by atoms with E-state index in [4.69, 9.17) is 0 Å². The van der Waals surface area contributed by atoms with Crippen LogP contribution in [0.15, 0.2) is 0 Å². The van der Waals surface area contributed by atoms with Gasteiger partial charge in [-0.05, 0) is 20.9 Å². The Labute approximate surface area is 68.0 Å². The van der Waals surface area contributed by atoms with Crippen LogP contribution in [0.25, 0.3) is 0 Å². The lowest BCUT2D eigenvalue weighted by Crippen LogP contribution is -3.16. The van der Waals surface area contributed by atoms with E-state index in [2.05, 4.69) is 4.90 Å². The molecule has 1 rings (SSSR count). The maximum absolute atomic E-state index is 11.6. The number of likely N-dealkylation sites (N-methyl/N-ethyl adjacent to an activating group) is 2. The highest BCUT2D eigenvalue weighted by atomic mass is 16.2. The summed E-state index contributed by atoms with van der Waals surface area (Å²) in [5, 5.41) is 0. The van der Waals surface area contributed by atoms with Gasteiger partial charge in [0.1, 0.15) is 5.54 Å². The van der Waals surface area contributed by atoms with Crippen LogP contribution in [0.5, 0.6) is 0 Å². The molecule has 0 aromatic heterocycles. The van der Waals surface area contributed by atoms with E-state index in [0.29, 0.717) is 5.91 Å². The maximum Gasteiger partial charge on any atom is 0.331 e. The Hall–Kier alpha value is -0.410. The SMILES string of the molecule is CN1CC[NH+](C)C(=O)C1(C)C. The van der Waals surface area contributed by atoms with E-state index in [1.165, 1.54) is 0 Å². The number of nitrogens with one attached hydrogen (secondary N) is 1. The molecule has 11 heavy (non-hydrogen) atoms. The summed E-state index contributed by atoms with van der Waals surface area (Å²) in [6.07, 6.45) is 0. The molecular formula is C8H17N2O+. The zero-order valence-corrected chi connectivity index (χ0v) is 7.77. The first-order chi connectivity index (χ1) is 4.96. The highest BCUT2D eigenvalue weighted by Crippen LogP contribution is 2.11. The summed E-state index contributed by atoms with van der Waals surface area (Å²) < 4.78 is 0.